The minimum Gasteiger partial charge on any atom is -0.303 e. The van der Waals surface area contributed by atoms with Crippen LogP contribution < -0.4 is 5.32 Å². The van der Waals surface area contributed by atoms with Gasteiger partial charge in [0, 0.05) is 21.9 Å². The maximum atomic E-state index is 14.0. The second-order valence-electron chi connectivity index (χ2n) is 5.76. The van der Waals surface area contributed by atoms with Gasteiger partial charge in [0.05, 0.1) is 0 Å². The van der Waals surface area contributed by atoms with E-state index < -0.39 is 0 Å². The van der Waals surface area contributed by atoms with Crippen molar-refractivity contribution in [2.24, 2.45) is 0 Å². The second kappa shape index (κ2) is 5.75. The molecule has 2 heterocycles. The molecule has 4 rings (SSSR count). The molecule has 0 spiro atoms. The zero-order chi connectivity index (χ0) is 14.2. The van der Waals surface area contributed by atoms with E-state index in [-0.39, 0.29) is 11.9 Å². The van der Waals surface area contributed by atoms with Crippen molar-refractivity contribution in [1.29, 1.82) is 0 Å². The van der Waals surface area contributed by atoms with Gasteiger partial charge in [0.1, 0.15) is 5.82 Å². The summed E-state index contributed by atoms with van der Waals surface area (Å²) in [5.74, 6) is 0.929. The fraction of sp³-hybridized carbons (Fsp3) is 0.412. The first kappa shape index (κ1) is 13.8. The molecule has 1 N–H and O–H groups in total. The average molecular weight is 319 g/mol. The highest BCUT2D eigenvalue weighted by molar-refractivity contribution is 7.99. The maximum Gasteiger partial charge on any atom is 0.137 e. The summed E-state index contributed by atoms with van der Waals surface area (Å²) >= 11 is 3.53. The van der Waals surface area contributed by atoms with Crippen LogP contribution in [-0.2, 0) is 6.42 Å². The summed E-state index contributed by atoms with van der Waals surface area (Å²) < 4.78 is 14.0. The molecule has 0 saturated carbocycles. The monoisotopic (exact) mass is 319 g/mol. The van der Waals surface area contributed by atoms with Crippen LogP contribution in [0.4, 0.5) is 4.39 Å². The van der Waals surface area contributed by atoms with Gasteiger partial charge in [-0.1, -0.05) is 12.1 Å². The van der Waals surface area contributed by atoms with Gasteiger partial charge in [-0.25, -0.2) is 4.39 Å². The highest BCUT2D eigenvalue weighted by Gasteiger charge is 2.28. The molecule has 0 fully saturated rings. The highest BCUT2D eigenvalue weighted by Crippen LogP contribution is 2.41. The van der Waals surface area contributed by atoms with Crippen LogP contribution >= 0.6 is 23.1 Å². The maximum absolute atomic E-state index is 14.0. The van der Waals surface area contributed by atoms with Gasteiger partial charge in [0.25, 0.3) is 0 Å². The summed E-state index contributed by atoms with van der Waals surface area (Å²) in [6, 6.07) is 8.48. The largest absolute Gasteiger partial charge is 0.303 e. The molecule has 21 heavy (non-hydrogen) atoms. The third kappa shape index (κ3) is 2.54. The van der Waals surface area contributed by atoms with Crippen LogP contribution in [0.25, 0.3) is 0 Å². The highest BCUT2D eigenvalue weighted by atomic mass is 32.2. The van der Waals surface area contributed by atoms with E-state index in [0.717, 1.165) is 22.6 Å². The molecular weight excluding hydrogens is 301 g/mol. The molecule has 0 saturated heterocycles. The molecule has 110 valence electrons. The van der Waals surface area contributed by atoms with E-state index in [1.165, 1.54) is 29.7 Å². The van der Waals surface area contributed by atoms with Crippen molar-refractivity contribution in [3.63, 3.8) is 0 Å². The van der Waals surface area contributed by atoms with E-state index in [0.29, 0.717) is 6.04 Å². The molecule has 1 aliphatic heterocycles. The van der Waals surface area contributed by atoms with Crippen molar-refractivity contribution in [2.75, 3.05) is 5.75 Å². The van der Waals surface area contributed by atoms with Crippen LogP contribution in [0, 0.1) is 5.82 Å². The Morgan fingerprint density at radius 1 is 1.10 bits per heavy atom. The first-order chi connectivity index (χ1) is 10.3. The van der Waals surface area contributed by atoms with E-state index in [1.54, 1.807) is 17.8 Å². The lowest BCUT2D eigenvalue weighted by atomic mass is 9.92. The number of rotatable bonds is 2. The molecule has 1 nitrogen and oxygen atoms in total. The molecular formula is C17H18FNS2. The Bertz CT molecular complexity index is 652. The van der Waals surface area contributed by atoms with Gasteiger partial charge in [0.2, 0.25) is 0 Å². The molecule has 4 heteroatoms. The van der Waals surface area contributed by atoms with E-state index in [1.807, 2.05) is 17.4 Å². The summed E-state index contributed by atoms with van der Waals surface area (Å²) in [6.45, 7) is 0. The fourth-order valence-electron chi connectivity index (χ4n) is 3.46. The number of thioether (sulfide) groups is 1. The van der Waals surface area contributed by atoms with Crippen LogP contribution in [0.3, 0.4) is 0 Å². The molecule has 0 amide bonds. The zero-order valence-corrected chi connectivity index (χ0v) is 13.4. The van der Waals surface area contributed by atoms with E-state index in [4.69, 9.17) is 0 Å². The van der Waals surface area contributed by atoms with Crippen LogP contribution in [0.5, 0.6) is 0 Å². The second-order valence-corrected chi connectivity index (χ2v) is 7.86. The van der Waals surface area contributed by atoms with Crippen LogP contribution in [0.1, 0.15) is 47.4 Å². The standard InChI is InChI=1S/C17H18FNS2/c18-13-4-1-3-12-15(8-10-21-17(12)13)19-14-5-2-6-16-11(14)7-9-20-16/h1,3-4,7,9,14-15,19H,2,5-6,8,10H2. The summed E-state index contributed by atoms with van der Waals surface area (Å²) in [5.41, 5.74) is 2.62. The predicted molar refractivity (Wildman–Crippen MR) is 87.6 cm³/mol. The number of aryl methyl sites for hydroxylation is 1. The molecule has 0 radical (unpaired) electrons. The summed E-state index contributed by atoms with van der Waals surface area (Å²) in [6.07, 6.45) is 4.74. The molecule has 1 aliphatic carbocycles. The van der Waals surface area contributed by atoms with E-state index in [9.17, 15) is 4.39 Å². The van der Waals surface area contributed by atoms with Gasteiger partial charge in [-0.05, 0) is 60.1 Å². The molecule has 1 aromatic heterocycles. The van der Waals surface area contributed by atoms with Crippen molar-refractivity contribution < 1.29 is 4.39 Å². The number of thiophene rings is 1. The zero-order valence-electron chi connectivity index (χ0n) is 11.8. The van der Waals surface area contributed by atoms with Gasteiger partial charge >= 0.3 is 0 Å². The Morgan fingerprint density at radius 2 is 2.00 bits per heavy atom. The van der Waals surface area contributed by atoms with Crippen molar-refractivity contribution in [3.05, 3.63) is 51.5 Å². The van der Waals surface area contributed by atoms with Crippen molar-refractivity contribution in [2.45, 2.75) is 42.7 Å². The number of fused-ring (bicyclic) bond motifs is 2. The lowest BCUT2D eigenvalue weighted by Gasteiger charge is -2.32. The molecule has 0 bridgehead atoms. The first-order valence-electron chi connectivity index (χ1n) is 7.56. The first-order valence-corrected chi connectivity index (χ1v) is 9.43. The van der Waals surface area contributed by atoms with Crippen molar-refractivity contribution in [1.82, 2.24) is 5.32 Å². The van der Waals surface area contributed by atoms with E-state index in [2.05, 4.69) is 22.8 Å². The van der Waals surface area contributed by atoms with Gasteiger partial charge in [-0.15, -0.1) is 23.1 Å². The number of hydrogen-bond acceptors (Lipinski definition) is 3. The minimum absolute atomic E-state index is 0.0659. The van der Waals surface area contributed by atoms with Gasteiger partial charge in [-0.2, -0.15) is 0 Å². The molecule has 1 aromatic carbocycles. The SMILES string of the molecule is Fc1cccc2c1SCCC2NC1CCCc2sccc21. The van der Waals surface area contributed by atoms with Gasteiger partial charge < -0.3 is 5.32 Å². The Kier molecular flexibility index (Phi) is 3.78. The Balaban J connectivity index is 1.62. The number of nitrogens with one attached hydrogen (secondary N) is 1. The van der Waals surface area contributed by atoms with Crippen LogP contribution in [0.2, 0.25) is 0 Å². The molecule has 2 aromatic rings. The van der Waals surface area contributed by atoms with Crippen LogP contribution in [-0.4, -0.2) is 5.75 Å². The lowest BCUT2D eigenvalue weighted by Crippen LogP contribution is -2.30. The topological polar surface area (TPSA) is 12.0 Å². The lowest BCUT2D eigenvalue weighted by molar-refractivity contribution is 0.389. The number of halogens is 1. The third-order valence-electron chi connectivity index (χ3n) is 4.48. The van der Waals surface area contributed by atoms with Gasteiger partial charge in [-0.3, -0.25) is 0 Å². The third-order valence-corrected chi connectivity index (χ3v) is 6.64. The smallest absolute Gasteiger partial charge is 0.137 e. The van der Waals surface area contributed by atoms with Crippen molar-refractivity contribution in [3.8, 4) is 0 Å². The van der Waals surface area contributed by atoms with Crippen molar-refractivity contribution >= 4 is 23.1 Å². The summed E-state index contributed by atoms with van der Waals surface area (Å²) in [5, 5.41) is 6.01. The molecule has 2 unspecified atom stereocenters. The number of hydrogen-bond donors (Lipinski definition) is 1. The summed E-state index contributed by atoms with van der Waals surface area (Å²) in [7, 11) is 0. The predicted octanol–water partition coefficient (Wildman–Crippen LogP) is 5.09. The molecule has 2 aliphatic rings. The Morgan fingerprint density at radius 3 is 2.95 bits per heavy atom. The van der Waals surface area contributed by atoms with E-state index >= 15 is 0 Å². The Hall–Kier alpha value is -0.840. The fourth-order valence-corrected chi connectivity index (χ4v) is 5.59. The van der Waals surface area contributed by atoms with Gasteiger partial charge in [0.15, 0.2) is 0 Å². The number of benzene rings is 1. The minimum atomic E-state index is -0.0659. The quantitative estimate of drug-likeness (QED) is 0.827. The Labute approximate surface area is 133 Å². The van der Waals surface area contributed by atoms with Crippen LogP contribution in [0.15, 0.2) is 34.5 Å². The normalized spacial score (nSPS) is 24.4. The molecule has 2 atom stereocenters. The average Bonchev–Trinajstić information content (AvgIpc) is 2.98. The summed E-state index contributed by atoms with van der Waals surface area (Å²) in [4.78, 5) is 2.38.